The topological polar surface area (TPSA) is 62.3 Å². The van der Waals surface area contributed by atoms with Gasteiger partial charge in [0.15, 0.2) is 5.13 Å². The lowest BCUT2D eigenvalue weighted by Crippen LogP contribution is -2.44. The smallest absolute Gasteiger partial charge is 0.211 e. The van der Waals surface area contributed by atoms with E-state index in [1.165, 1.54) is 6.26 Å². The first kappa shape index (κ1) is 13.8. The van der Waals surface area contributed by atoms with Crippen LogP contribution in [0.15, 0.2) is 24.3 Å². The van der Waals surface area contributed by atoms with E-state index in [0.29, 0.717) is 13.1 Å². The molecule has 1 aromatic carbocycles. The minimum absolute atomic E-state index is 0.138. The van der Waals surface area contributed by atoms with Crippen molar-refractivity contribution >= 4 is 36.7 Å². The number of nitrogens with one attached hydrogen (secondary N) is 1. The Morgan fingerprint density at radius 3 is 2.95 bits per heavy atom. The Morgan fingerprint density at radius 2 is 2.20 bits per heavy atom. The number of aromatic nitrogens is 1. The van der Waals surface area contributed by atoms with Crippen molar-refractivity contribution in [2.24, 2.45) is 0 Å². The molecular weight excluding hydrogens is 294 g/mol. The number of benzene rings is 1. The Hall–Kier alpha value is -1.18. The largest absolute Gasteiger partial charge is 0.357 e. The van der Waals surface area contributed by atoms with E-state index < -0.39 is 10.0 Å². The minimum atomic E-state index is -3.10. The molecule has 7 heteroatoms. The van der Waals surface area contributed by atoms with E-state index in [2.05, 4.69) is 10.3 Å². The van der Waals surface area contributed by atoms with Gasteiger partial charge in [-0.3, -0.25) is 0 Å². The Kier molecular flexibility index (Phi) is 3.66. The highest BCUT2D eigenvalue weighted by molar-refractivity contribution is 7.88. The maximum absolute atomic E-state index is 11.6. The monoisotopic (exact) mass is 311 g/mol. The van der Waals surface area contributed by atoms with E-state index in [1.54, 1.807) is 15.6 Å². The summed E-state index contributed by atoms with van der Waals surface area (Å²) in [5.74, 6) is 0. The predicted octanol–water partition coefficient (Wildman–Crippen LogP) is 2.13. The maximum Gasteiger partial charge on any atom is 0.211 e. The molecule has 1 saturated heterocycles. The fraction of sp³-hybridized carbons (Fsp3) is 0.462. The maximum atomic E-state index is 11.6. The van der Waals surface area contributed by atoms with Gasteiger partial charge in [0.25, 0.3) is 0 Å². The van der Waals surface area contributed by atoms with E-state index >= 15 is 0 Å². The third-order valence-corrected chi connectivity index (χ3v) is 5.71. The number of hydrogen-bond acceptors (Lipinski definition) is 5. The van der Waals surface area contributed by atoms with Gasteiger partial charge in [0.05, 0.1) is 16.5 Å². The molecule has 108 valence electrons. The number of anilines is 1. The molecule has 2 heterocycles. The molecule has 1 aliphatic rings. The van der Waals surface area contributed by atoms with Gasteiger partial charge in [-0.15, -0.1) is 0 Å². The molecule has 3 rings (SSSR count). The molecule has 0 saturated carbocycles. The number of thiazole rings is 1. The molecule has 0 radical (unpaired) electrons. The summed E-state index contributed by atoms with van der Waals surface area (Å²) in [7, 11) is -3.10. The minimum Gasteiger partial charge on any atom is -0.357 e. The zero-order valence-corrected chi connectivity index (χ0v) is 12.9. The second-order valence-corrected chi connectivity index (χ2v) is 8.10. The summed E-state index contributed by atoms with van der Waals surface area (Å²) >= 11 is 1.61. The Balaban J connectivity index is 1.74. The van der Waals surface area contributed by atoms with Gasteiger partial charge in [-0.1, -0.05) is 23.5 Å². The normalized spacial score (nSPS) is 21.1. The summed E-state index contributed by atoms with van der Waals surface area (Å²) in [6.07, 6.45) is 3.13. The lowest BCUT2D eigenvalue weighted by atomic mass is 10.1. The predicted molar refractivity (Wildman–Crippen MR) is 82.7 cm³/mol. The third-order valence-electron chi connectivity index (χ3n) is 3.47. The van der Waals surface area contributed by atoms with E-state index in [1.807, 2.05) is 24.3 Å². The first-order valence-electron chi connectivity index (χ1n) is 6.59. The van der Waals surface area contributed by atoms with Gasteiger partial charge in [0, 0.05) is 19.1 Å². The molecule has 2 aromatic rings. The lowest BCUT2D eigenvalue weighted by molar-refractivity contribution is 0.329. The van der Waals surface area contributed by atoms with E-state index in [4.69, 9.17) is 0 Å². The van der Waals surface area contributed by atoms with Crippen LogP contribution in [0.3, 0.4) is 0 Å². The van der Waals surface area contributed by atoms with Crippen molar-refractivity contribution in [1.82, 2.24) is 9.29 Å². The first-order valence-corrected chi connectivity index (χ1v) is 9.26. The number of sulfonamides is 1. The Labute approximate surface area is 122 Å². The highest BCUT2D eigenvalue weighted by Gasteiger charge is 2.26. The summed E-state index contributed by atoms with van der Waals surface area (Å²) in [6, 6.07) is 8.13. The van der Waals surface area contributed by atoms with Crippen molar-refractivity contribution in [1.29, 1.82) is 0 Å². The Morgan fingerprint density at radius 1 is 1.40 bits per heavy atom. The number of piperidine rings is 1. The average molecular weight is 311 g/mol. The van der Waals surface area contributed by atoms with Crippen molar-refractivity contribution in [2.75, 3.05) is 24.7 Å². The van der Waals surface area contributed by atoms with Crippen molar-refractivity contribution < 1.29 is 8.42 Å². The van der Waals surface area contributed by atoms with Gasteiger partial charge >= 0.3 is 0 Å². The quantitative estimate of drug-likeness (QED) is 0.943. The van der Waals surface area contributed by atoms with Gasteiger partial charge in [0.1, 0.15) is 0 Å². The molecule has 1 N–H and O–H groups in total. The summed E-state index contributed by atoms with van der Waals surface area (Å²) in [6.45, 7) is 1.14. The van der Waals surface area contributed by atoms with Gasteiger partial charge in [-0.25, -0.2) is 17.7 Å². The highest BCUT2D eigenvalue weighted by atomic mass is 32.2. The summed E-state index contributed by atoms with van der Waals surface area (Å²) in [4.78, 5) is 4.53. The molecule has 0 bridgehead atoms. The Bertz CT molecular complexity index is 678. The summed E-state index contributed by atoms with van der Waals surface area (Å²) < 4.78 is 25.9. The van der Waals surface area contributed by atoms with Crippen LogP contribution in [0.25, 0.3) is 10.2 Å². The molecule has 0 aliphatic carbocycles. The molecular formula is C13H17N3O2S2. The van der Waals surface area contributed by atoms with Crippen molar-refractivity contribution in [2.45, 2.75) is 18.9 Å². The number of fused-ring (bicyclic) bond motifs is 1. The number of para-hydroxylation sites is 1. The van der Waals surface area contributed by atoms with Gasteiger partial charge in [0.2, 0.25) is 10.0 Å². The number of hydrogen-bond donors (Lipinski definition) is 1. The van der Waals surface area contributed by atoms with Crippen LogP contribution in [0.2, 0.25) is 0 Å². The second-order valence-electron chi connectivity index (χ2n) is 5.09. The molecule has 5 nitrogen and oxygen atoms in total. The van der Waals surface area contributed by atoms with Crippen LogP contribution in [-0.2, 0) is 10.0 Å². The molecule has 1 aliphatic heterocycles. The summed E-state index contributed by atoms with van der Waals surface area (Å²) in [5, 5.41) is 4.24. The van der Waals surface area contributed by atoms with E-state index in [-0.39, 0.29) is 6.04 Å². The van der Waals surface area contributed by atoms with Crippen LogP contribution >= 0.6 is 11.3 Å². The number of nitrogens with zero attached hydrogens (tertiary/aromatic N) is 2. The highest BCUT2D eigenvalue weighted by Crippen LogP contribution is 2.27. The van der Waals surface area contributed by atoms with Crippen LogP contribution in [0.5, 0.6) is 0 Å². The second kappa shape index (κ2) is 5.31. The summed E-state index contributed by atoms with van der Waals surface area (Å²) in [5.41, 5.74) is 0.982. The molecule has 20 heavy (non-hydrogen) atoms. The van der Waals surface area contributed by atoms with Gasteiger partial charge < -0.3 is 5.32 Å². The van der Waals surface area contributed by atoms with Gasteiger partial charge in [-0.2, -0.15) is 0 Å². The fourth-order valence-electron chi connectivity index (χ4n) is 2.47. The zero-order valence-electron chi connectivity index (χ0n) is 11.2. The molecule has 0 amide bonds. The average Bonchev–Trinajstić information content (AvgIpc) is 2.80. The van der Waals surface area contributed by atoms with Crippen LogP contribution in [-0.4, -0.2) is 43.1 Å². The zero-order chi connectivity index (χ0) is 14.2. The van der Waals surface area contributed by atoms with Crippen LogP contribution < -0.4 is 5.32 Å². The standard InChI is InChI=1S/C13H17N3O2S2/c1-20(17,18)16-8-4-5-10(9-16)14-13-15-11-6-2-3-7-12(11)19-13/h2-3,6-7,10H,4-5,8-9H2,1H3,(H,14,15). The van der Waals surface area contributed by atoms with Crippen LogP contribution in [0.1, 0.15) is 12.8 Å². The van der Waals surface area contributed by atoms with E-state index in [0.717, 1.165) is 28.2 Å². The number of rotatable bonds is 3. The van der Waals surface area contributed by atoms with Crippen molar-refractivity contribution in [3.05, 3.63) is 24.3 Å². The SMILES string of the molecule is CS(=O)(=O)N1CCCC(Nc2nc3ccccc3s2)C1. The van der Waals surface area contributed by atoms with Crippen molar-refractivity contribution in [3.8, 4) is 0 Å². The third kappa shape index (κ3) is 2.94. The van der Waals surface area contributed by atoms with E-state index in [9.17, 15) is 8.42 Å². The lowest BCUT2D eigenvalue weighted by Gasteiger charge is -2.31. The molecule has 1 unspecified atom stereocenters. The van der Waals surface area contributed by atoms with Crippen LogP contribution in [0, 0.1) is 0 Å². The molecule has 1 atom stereocenters. The van der Waals surface area contributed by atoms with Crippen molar-refractivity contribution in [3.63, 3.8) is 0 Å². The first-order chi connectivity index (χ1) is 9.52. The van der Waals surface area contributed by atoms with Crippen LogP contribution in [0.4, 0.5) is 5.13 Å². The van der Waals surface area contributed by atoms with Gasteiger partial charge in [-0.05, 0) is 25.0 Å². The molecule has 1 fully saturated rings. The molecule has 0 spiro atoms. The molecule has 1 aromatic heterocycles. The fourth-order valence-corrected chi connectivity index (χ4v) is 4.32.